The molecule has 0 bridgehead atoms. The second kappa shape index (κ2) is 5.65. The summed E-state index contributed by atoms with van der Waals surface area (Å²) in [4.78, 5) is 0. The number of rotatable bonds is 4. The van der Waals surface area contributed by atoms with E-state index in [0.29, 0.717) is 0 Å². The summed E-state index contributed by atoms with van der Waals surface area (Å²) in [5.74, 6) is -0.150. The summed E-state index contributed by atoms with van der Waals surface area (Å²) in [6.07, 6.45) is -0.358. The molecular weight excluding hydrogens is 229 g/mol. The van der Waals surface area contributed by atoms with Gasteiger partial charge in [0.2, 0.25) is 0 Å². The molecule has 0 saturated carbocycles. The number of ether oxygens (including phenoxy) is 1. The fourth-order valence-corrected chi connectivity index (χ4v) is 1.80. The summed E-state index contributed by atoms with van der Waals surface area (Å²) >= 11 is 0. The topological polar surface area (TPSA) is 35.2 Å². The Kier molecular flexibility index (Phi) is 3.95. The van der Waals surface area contributed by atoms with Crippen LogP contribution in [0, 0.1) is 5.82 Å². The van der Waals surface area contributed by atoms with Crippen molar-refractivity contribution in [3.05, 3.63) is 66.0 Å². The van der Waals surface area contributed by atoms with Crippen LogP contribution in [0.15, 0.2) is 54.6 Å². The van der Waals surface area contributed by atoms with E-state index in [1.165, 1.54) is 6.07 Å². The van der Waals surface area contributed by atoms with Gasteiger partial charge in [0.25, 0.3) is 0 Å². The zero-order valence-corrected chi connectivity index (χ0v) is 10.2. The molecule has 0 aromatic heterocycles. The molecular formula is C15H16FNO. The lowest BCUT2D eigenvalue weighted by atomic mass is 10.0. The molecule has 2 N–H and O–H groups in total. The van der Waals surface area contributed by atoms with Gasteiger partial charge in [-0.15, -0.1) is 0 Å². The van der Waals surface area contributed by atoms with E-state index in [2.05, 4.69) is 0 Å². The molecule has 2 atom stereocenters. The zero-order chi connectivity index (χ0) is 13.0. The standard InChI is InChI=1S/C15H16FNO/c1-11(17)15(12-7-3-2-4-8-12)18-14-10-6-5-9-13(14)16/h2-11,15H,17H2,1H3. The van der Waals surface area contributed by atoms with E-state index in [9.17, 15) is 4.39 Å². The monoisotopic (exact) mass is 245 g/mol. The summed E-state index contributed by atoms with van der Waals surface area (Å²) in [7, 11) is 0. The quantitative estimate of drug-likeness (QED) is 0.897. The maximum Gasteiger partial charge on any atom is 0.165 e. The number of hydrogen-bond donors (Lipinski definition) is 1. The highest BCUT2D eigenvalue weighted by Crippen LogP contribution is 2.25. The number of halogens is 1. The average molecular weight is 245 g/mol. The van der Waals surface area contributed by atoms with Crippen LogP contribution in [-0.4, -0.2) is 6.04 Å². The molecule has 0 spiro atoms. The van der Waals surface area contributed by atoms with Gasteiger partial charge >= 0.3 is 0 Å². The van der Waals surface area contributed by atoms with Crippen LogP contribution in [0.1, 0.15) is 18.6 Å². The molecule has 3 heteroatoms. The first kappa shape index (κ1) is 12.6. The van der Waals surface area contributed by atoms with Gasteiger partial charge in [-0.2, -0.15) is 0 Å². The number of nitrogens with two attached hydrogens (primary N) is 1. The summed E-state index contributed by atoms with van der Waals surface area (Å²) in [6, 6.07) is 15.7. The molecule has 18 heavy (non-hydrogen) atoms. The van der Waals surface area contributed by atoms with Crippen molar-refractivity contribution >= 4 is 0 Å². The number of hydrogen-bond acceptors (Lipinski definition) is 2. The first-order chi connectivity index (χ1) is 8.68. The third-order valence-electron chi connectivity index (χ3n) is 2.70. The van der Waals surface area contributed by atoms with Crippen LogP contribution in [0.4, 0.5) is 4.39 Å². The van der Waals surface area contributed by atoms with E-state index in [0.717, 1.165) is 5.56 Å². The van der Waals surface area contributed by atoms with E-state index in [1.807, 2.05) is 37.3 Å². The number of para-hydroxylation sites is 1. The lowest BCUT2D eigenvalue weighted by molar-refractivity contribution is 0.172. The second-order valence-corrected chi connectivity index (χ2v) is 4.24. The van der Waals surface area contributed by atoms with Crippen molar-refractivity contribution in [3.63, 3.8) is 0 Å². The Morgan fingerprint density at radius 3 is 2.22 bits per heavy atom. The van der Waals surface area contributed by atoms with Crippen molar-refractivity contribution in [2.24, 2.45) is 5.73 Å². The van der Waals surface area contributed by atoms with Crippen LogP contribution in [0.2, 0.25) is 0 Å². The molecule has 94 valence electrons. The highest BCUT2D eigenvalue weighted by Gasteiger charge is 2.19. The molecule has 0 fully saturated rings. The van der Waals surface area contributed by atoms with E-state index >= 15 is 0 Å². The van der Waals surface area contributed by atoms with Crippen LogP contribution in [0.5, 0.6) is 5.75 Å². The van der Waals surface area contributed by atoms with Gasteiger partial charge in [-0.3, -0.25) is 0 Å². The lowest BCUT2D eigenvalue weighted by Crippen LogP contribution is -2.29. The lowest BCUT2D eigenvalue weighted by Gasteiger charge is -2.23. The summed E-state index contributed by atoms with van der Waals surface area (Å²) in [6.45, 7) is 1.85. The third kappa shape index (κ3) is 2.87. The fourth-order valence-electron chi connectivity index (χ4n) is 1.80. The van der Waals surface area contributed by atoms with Gasteiger partial charge in [-0.25, -0.2) is 4.39 Å². The minimum absolute atomic E-state index is 0.226. The maximum absolute atomic E-state index is 13.6. The maximum atomic E-state index is 13.6. The molecule has 2 unspecified atom stereocenters. The molecule has 0 aliphatic rings. The van der Waals surface area contributed by atoms with Crippen LogP contribution >= 0.6 is 0 Å². The predicted octanol–water partition coefficient (Wildman–Crippen LogP) is 3.29. The van der Waals surface area contributed by atoms with E-state index in [4.69, 9.17) is 10.5 Å². The van der Waals surface area contributed by atoms with Gasteiger partial charge in [0, 0.05) is 6.04 Å². The molecule has 0 saturated heterocycles. The molecule has 2 nitrogen and oxygen atoms in total. The summed E-state index contributed by atoms with van der Waals surface area (Å²) in [5.41, 5.74) is 6.86. The Hall–Kier alpha value is -1.87. The molecule has 0 amide bonds. The van der Waals surface area contributed by atoms with E-state index < -0.39 is 0 Å². The van der Waals surface area contributed by atoms with Gasteiger partial charge in [-0.1, -0.05) is 42.5 Å². The van der Waals surface area contributed by atoms with Crippen molar-refractivity contribution < 1.29 is 9.13 Å². The van der Waals surface area contributed by atoms with Gasteiger partial charge in [0.15, 0.2) is 11.6 Å². The Morgan fingerprint density at radius 2 is 1.61 bits per heavy atom. The van der Waals surface area contributed by atoms with Crippen molar-refractivity contribution in [2.75, 3.05) is 0 Å². The third-order valence-corrected chi connectivity index (χ3v) is 2.70. The van der Waals surface area contributed by atoms with Gasteiger partial charge in [-0.05, 0) is 24.6 Å². The summed E-state index contributed by atoms with van der Waals surface area (Å²) < 4.78 is 19.3. The highest BCUT2D eigenvalue weighted by molar-refractivity contribution is 5.26. The molecule has 0 aliphatic heterocycles. The van der Waals surface area contributed by atoms with Crippen LogP contribution in [-0.2, 0) is 0 Å². The van der Waals surface area contributed by atoms with Crippen LogP contribution < -0.4 is 10.5 Å². The minimum atomic E-state index is -0.376. The fraction of sp³-hybridized carbons (Fsp3) is 0.200. The Bertz CT molecular complexity index is 499. The molecule has 2 rings (SSSR count). The molecule has 0 heterocycles. The van der Waals surface area contributed by atoms with Crippen molar-refractivity contribution in [1.29, 1.82) is 0 Å². The molecule has 0 radical (unpaired) electrons. The predicted molar refractivity (Wildman–Crippen MR) is 69.9 cm³/mol. The first-order valence-corrected chi connectivity index (χ1v) is 5.90. The highest BCUT2D eigenvalue weighted by atomic mass is 19.1. The van der Waals surface area contributed by atoms with E-state index in [-0.39, 0.29) is 23.7 Å². The largest absolute Gasteiger partial charge is 0.481 e. The smallest absolute Gasteiger partial charge is 0.165 e. The zero-order valence-electron chi connectivity index (χ0n) is 10.2. The molecule has 2 aromatic carbocycles. The summed E-state index contributed by atoms with van der Waals surface area (Å²) in [5, 5.41) is 0. The first-order valence-electron chi connectivity index (χ1n) is 5.90. The van der Waals surface area contributed by atoms with Crippen molar-refractivity contribution in [1.82, 2.24) is 0 Å². The Balaban J connectivity index is 2.26. The SMILES string of the molecule is CC(N)C(Oc1ccccc1F)c1ccccc1. The van der Waals surface area contributed by atoms with Gasteiger partial charge in [0.05, 0.1) is 0 Å². The average Bonchev–Trinajstić information content (AvgIpc) is 2.38. The van der Waals surface area contributed by atoms with Gasteiger partial charge < -0.3 is 10.5 Å². The molecule has 0 aliphatic carbocycles. The second-order valence-electron chi connectivity index (χ2n) is 4.24. The van der Waals surface area contributed by atoms with E-state index in [1.54, 1.807) is 18.2 Å². The van der Waals surface area contributed by atoms with Crippen LogP contribution in [0.25, 0.3) is 0 Å². The van der Waals surface area contributed by atoms with Crippen LogP contribution in [0.3, 0.4) is 0 Å². The Morgan fingerprint density at radius 1 is 1.00 bits per heavy atom. The Labute approximate surface area is 106 Å². The van der Waals surface area contributed by atoms with Crippen molar-refractivity contribution in [3.8, 4) is 5.75 Å². The minimum Gasteiger partial charge on any atom is -0.481 e. The number of benzene rings is 2. The van der Waals surface area contributed by atoms with Gasteiger partial charge in [0.1, 0.15) is 6.10 Å². The van der Waals surface area contributed by atoms with Crippen molar-refractivity contribution in [2.45, 2.75) is 19.1 Å². The normalized spacial score (nSPS) is 13.9. The molecule has 2 aromatic rings.